The van der Waals surface area contributed by atoms with E-state index in [-0.39, 0.29) is 5.91 Å². The van der Waals surface area contributed by atoms with Gasteiger partial charge in [-0.15, -0.1) is 0 Å². The minimum atomic E-state index is -0.171. The lowest BCUT2D eigenvalue weighted by Gasteiger charge is -2.09. The molecule has 0 atom stereocenters. The highest BCUT2D eigenvalue weighted by atomic mass is 16.1. The molecule has 4 aromatic rings. The smallest absolute Gasteiger partial charge is 0.272 e. The van der Waals surface area contributed by atoms with Crippen molar-refractivity contribution in [2.24, 2.45) is 0 Å². The first-order valence-electron chi connectivity index (χ1n) is 9.72. The average Bonchev–Trinajstić information content (AvgIpc) is 3.36. The number of rotatable bonds is 7. The van der Waals surface area contributed by atoms with E-state index in [2.05, 4.69) is 41.3 Å². The maximum Gasteiger partial charge on any atom is 0.272 e. The number of amides is 1. The van der Waals surface area contributed by atoms with Crippen molar-refractivity contribution in [3.05, 3.63) is 84.4 Å². The van der Waals surface area contributed by atoms with Crippen LogP contribution in [0.3, 0.4) is 0 Å². The molecule has 0 unspecified atom stereocenters. The first-order chi connectivity index (χ1) is 14.1. The molecule has 0 aliphatic carbocycles. The number of hydrogen-bond acceptors (Lipinski definition) is 3. The SMILES string of the molecule is CN(C)CCn1ccc(-c2nc(C(=O)NCc3ccccc3)c3ccccn23)c1. The number of carbonyl (C=O) groups is 1. The Balaban J connectivity index is 1.61. The second kappa shape index (κ2) is 8.32. The zero-order valence-electron chi connectivity index (χ0n) is 16.7. The molecule has 3 heterocycles. The Hall–Kier alpha value is -3.38. The van der Waals surface area contributed by atoms with Gasteiger partial charge in [-0.1, -0.05) is 36.4 Å². The number of likely N-dealkylation sites (N-methyl/N-ethyl adjacent to an activating group) is 1. The molecule has 6 heteroatoms. The van der Waals surface area contributed by atoms with E-state index in [0.29, 0.717) is 12.2 Å². The van der Waals surface area contributed by atoms with Gasteiger partial charge in [0.2, 0.25) is 0 Å². The molecule has 6 nitrogen and oxygen atoms in total. The Kier molecular flexibility index (Phi) is 5.44. The fraction of sp³-hybridized carbons (Fsp3) is 0.217. The molecular weight excluding hydrogens is 362 g/mol. The second-order valence-electron chi connectivity index (χ2n) is 7.35. The van der Waals surface area contributed by atoms with E-state index in [0.717, 1.165) is 35.6 Å². The van der Waals surface area contributed by atoms with Crippen LogP contribution in [0, 0.1) is 0 Å². The van der Waals surface area contributed by atoms with Crippen LogP contribution in [0.25, 0.3) is 16.9 Å². The molecule has 0 aliphatic rings. The Bertz CT molecular complexity index is 1110. The fourth-order valence-corrected chi connectivity index (χ4v) is 3.30. The van der Waals surface area contributed by atoms with Gasteiger partial charge in [0.25, 0.3) is 5.91 Å². The van der Waals surface area contributed by atoms with Gasteiger partial charge in [0.1, 0.15) is 5.82 Å². The van der Waals surface area contributed by atoms with Gasteiger partial charge in [-0.3, -0.25) is 9.20 Å². The predicted octanol–water partition coefficient (Wildman–Crippen LogP) is 3.29. The summed E-state index contributed by atoms with van der Waals surface area (Å²) in [6, 6.07) is 17.7. The van der Waals surface area contributed by atoms with E-state index >= 15 is 0 Å². The molecule has 1 amide bonds. The number of carbonyl (C=O) groups excluding carboxylic acids is 1. The normalized spacial score (nSPS) is 11.3. The van der Waals surface area contributed by atoms with Crippen molar-refractivity contribution in [2.75, 3.05) is 20.6 Å². The maximum absolute atomic E-state index is 12.9. The summed E-state index contributed by atoms with van der Waals surface area (Å²) in [5, 5.41) is 2.98. The third-order valence-electron chi connectivity index (χ3n) is 4.87. The quantitative estimate of drug-likeness (QED) is 0.529. The molecule has 1 N–H and O–H groups in total. The number of hydrogen-bond donors (Lipinski definition) is 1. The highest BCUT2D eigenvalue weighted by Crippen LogP contribution is 2.23. The lowest BCUT2D eigenvalue weighted by molar-refractivity contribution is 0.0948. The van der Waals surface area contributed by atoms with Crippen molar-refractivity contribution in [1.29, 1.82) is 0 Å². The van der Waals surface area contributed by atoms with E-state index in [1.54, 1.807) is 0 Å². The number of pyridine rings is 1. The van der Waals surface area contributed by atoms with Gasteiger partial charge in [0.05, 0.1) is 5.52 Å². The minimum absolute atomic E-state index is 0.171. The summed E-state index contributed by atoms with van der Waals surface area (Å²) < 4.78 is 4.12. The number of benzene rings is 1. The molecule has 0 bridgehead atoms. The van der Waals surface area contributed by atoms with Crippen LogP contribution in [0.2, 0.25) is 0 Å². The first kappa shape index (κ1) is 19.0. The third kappa shape index (κ3) is 4.22. The van der Waals surface area contributed by atoms with E-state index < -0.39 is 0 Å². The number of fused-ring (bicyclic) bond motifs is 1. The Morgan fingerprint density at radius 3 is 2.62 bits per heavy atom. The lowest BCUT2D eigenvalue weighted by Crippen LogP contribution is -2.23. The summed E-state index contributed by atoms with van der Waals surface area (Å²) in [5.74, 6) is 0.602. The highest BCUT2D eigenvalue weighted by molar-refractivity contribution is 6.00. The number of nitrogens with zero attached hydrogens (tertiary/aromatic N) is 4. The largest absolute Gasteiger partial charge is 0.352 e. The topological polar surface area (TPSA) is 54.6 Å². The first-order valence-corrected chi connectivity index (χ1v) is 9.72. The molecular formula is C23H25N5O. The van der Waals surface area contributed by atoms with Gasteiger partial charge in [-0.25, -0.2) is 4.98 Å². The van der Waals surface area contributed by atoms with Crippen LogP contribution in [0.5, 0.6) is 0 Å². The third-order valence-corrected chi connectivity index (χ3v) is 4.87. The van der Waals surface area contributed by atoms with Gasteiger partial charge in [0, 0.05) is 43.8 Å². The summed E-state index contributed by atoms with van der Waals surface area (Å²) in [4.78, 5) is 19.7. The van der Waals surface area contributed by atoms with E-state index in [1.165, 1.54) is 0 Å². The lowest BCUT2D eigenvalue weighted by atomic mass is 10.2. The average molecular weight is 387 g/mol. The molecule has 1 aromatic carbocycles. The van der Waals surface area contributed by atoms with Crippen molar-refractivity contribution in [3.8, 4) is 11.4 Å². The number of nitrogens with one attached hydrogen (secondary N) is 1. The Morgan fingerprint density at radius 2 is 1.83 bits per heavy atom. The maximum atomic E-state index is 12.9. The summed E-state index contributed by atoms with van der Waals surface area (Å²) in [7, 11) is 4.12. The van der Waals surface area contributed by atoms with Crippen LogP contribution < -0.4 is 5.32 Å². The van der Waals surface area contributed by atoms with Crippen molar-refractivity contribution in [1.82, 2.24) is 24.2 Å². The van der Waals surface area contributed by atoms with Gasteiger partial charge in [0.15, 0.2) is 5.69 Å². The molecule has 4 rings (SSSR count). The molecule has 0 fully saturated rings. The molecule has 148 valence electrons. The molecule has 0 radical (unpaired) electrons. The van der Waals surface area contributed by atoms with E-state index in [4.69, 9.17) is 4.98 Å². The summed E-state index contributed by atoms with van der Waals surface area (Å²) in [6.07, 6.45) is 6.08. The second-order valence-corrected chi connectivity index (χ2v) is 7.35. The van der Waals surface area contributed by atoms with E-state index in [9.17, 15) is 4.79 Å². The molecule has 0 aliphatic heterocycles. The van der Waals surface area contributed by atoms with Gasteiger partial charge >= 0.3 is 0 Å². The van der Waals surface area contributed by atoms with Gasteiger partial charge < -0.3 is 14.8 Å². The van der Waals surface area contributed by atoms with Crippen LogP contribution in [-0.4, -0.2) is 45.4 Å². The van der Waals surface area contributed by atoms with Crippen molar-refractivity contribution >= 4 is 11.4 Å². The molecule has 0 spiro atoms. The van der Waals surface area contributed by atoms with Crippen LogP contribution in [0.1, 0.15) is 16.1 Å². The monoisotopic (exact) mass is 387 g/mol. The predicted molar refractivity (Wildman–Crippen MR) is 115 cm³/mol. The standard InChI is InChI=1S/C23H25N5O/c1-26(2)14-15-27-13-11-19(17-27)22-25-21(20-10-6-7-12-28(20)22)23(29)24-16-18-8-4-3-5-9-18/h3-13,17H,14-16H2,1-2H3,(H,24,29). The van der Waals surface area contributed by atoms with Crippen molar-refractivity contribution < 1.29 is 4.79 Å². The van der Waals surface area contributed by atoms with Gasteiger partial charge in [-0.2, -0.15) is 0 Å². The summed E-state index contributed by atoms with van der Waals surface area (Å²) >= 11 is 0. The summed E-state index contributed by atoms with van der Waals surface area (Å²) in [5.41, 5.74) is 3.29. The zero-order valence-corrected chi connectivity index (χ0v) is 16.7. The van der Waals surface area contributed by atoms with E-state index in [1.807, 2.05) is 65.2 Å². The Labute approximate surface area is 170 Å². The van der Waals surface area contributed by atoms with Gasteiger partial charge in [-0.05, 0) is 37.9 Å². The number of aromatic nitrogens is 3. The highest BCUT2D eigenvalue weighted by Gasteiger charge is 2.18. The van der Waals surface area contributed by atoms with Crippen LogP contribution in [0.4, 0.5) is 0 Å². The fourth-order valence-electron chi connectivity index (χ4n) is 3.30. The molecule has 29 heavy (non-hydrogen) atoms. The minimum Gasteiger partial charge on any atom is -0.352 e. The number of imidazole rings is 1. The zero-order chi connectivity index (χ0) is 20.2. The molecule has 0 saturated heterocycles. The summed E-state index contributed by atoms with van der Waals surface area (Å²) in [6.45, 7) is 2.34. The Morgan fingerprint density at radius 1 is 1.03 bits per heavy atom. The van der Waals surface area contributed by atoms with Crippen molar-refractivity contribution in [2.45, 2.75) is 13.1 Å². The van der Waals surface area contributed by atoms with Crippen molar-refractivity contribution in [3.63, 3.8) is 0 Å². The van der Waals surface area contributed by atoms with Crippen LogP contribution in [0.15, 0.2) is 73.2 Å². The van der Waals surface area contributed by atoms with Crippen LogP contribution >= 0.6 is 0 Å². The van der Waals surface area contributed by atoms with Crippen LogP contribution in [-0.2, 0) is 13.1 Å². The molecule has 3 aromatic heterocycles. The molecule has 0 saturated carbocycles.